The van der Waals surface area contributed by atoms with E-state index < -0.39 is 0 Å². The number of fused-ring (bicyclic) bond motifs is 2. The summed E-state index contributed by atoms with van der Waals surface area (Å²) in [5, 5.41) is 8.58. The van der Waals surface area contributed by atoms with Gasteiger partial charge in [-0.15, -0.1) is 5.10 Å². The number of carbonyl (C=O) groups is 1. The van der Waals surface area contributed by atoms with Gasteiger partial charge in [0.25, 0.3) is 0 Å². The van der Waals surface area contributed by atoms with Gasteiger partial charge in [0.2, 0.25) is 5.91 Å². The molecule has 0 spiro atoms. The van der Waals surface area contributed by atoms with Crippen LogP contribution in [0, 0.1) is 0 Å². The predicted molar refractivity (Wildman–Crippen MR) is 127 cm³/mol. The van der Waals surface area contributed by atoms with Crippen LogP contribution in [0.2, 0.25) is 0 Å². The van der Waals surface area contributed by atoms with Crippen LogP contribution in [0.25, 0.3) is 22.4 Å². The Hall–Kier alpha value is -4.26. The number of aromatic nitrogens is 5. The van der Waals surface area contributed by atoms with Crippen molar-refractivity contribution in [3.8, 4) is 11.4 Å². The van der Waals surface area contributed by atoms with Gasteiger partial charge < -0.3 is 9.47 Å². The third-order valence-corrected chi connectivity index (χ3v) is 6.08. The molecule has 1 aliphatic heterocycles. The van der Waals surface area contributed by atoms with Crippen molar-refractivity contribution < 1.29 is 4.79 Å². The second-order valence-electron chi connectivity index (χ2n) is 8.21. The first-order valence-corrected chi connectivity index (χ1v) is 11.0. The number of imidazole rings is 1. The normalized spacial score (nSPS) is 12.9. The van der Waals surface area contributed by atoms with E-state index in [1.807, 2.05) is 65.7 Å². The first kappa shape index (κ1) is 19.4. The van der Waals surface area contributed by atoms with Crippen molar-refractivity contribution in [1.29, 1.82) is 0 Å². The highest BCUT2D eigenvalue weighted by atomic mass is 16.2. The maximum atomic E-state index is 12.9. The van der Waals surface area contributed by atoms with Crippen LogP contribution in [0.3, 0.4) is 0 Å². The van der Waals surface area contributed by atoms with Gasteiger partial charge in [0.05, 0.1) is 23.8 Å². The summed E-state index contributed by atoms with van der Waals surface area (Å²) in [6.45, 7) is 1.39. The molecule has 1 amide bonds. The summed E-state index contributed by atoms with van der Waals surface area (Å²) < 4.78 is 3.78. The minimum Gasteiger partial charge on any atom is -0.318 e. The lowest BCUT2D eigenvalue weighted by atomic mass is 10.2. The van der Waals surface area contributed by atoms with Gasteiger partial charge in [-0.05, 0) is 30.2 Å². The standard InChI is InChI=1S/C26H22N6O/c33-25(31-15-14-19-8-4-6-12-23(19)31)18-30-16-21(28-29-30)17-32-24-13-7-5-11-22(24)27-26(32)20-9-2-1-3-10-20/h1-13,16H,14-15,17-18H2. The van der Waals surface area contributed by atoms with Gasteiger partial charge >= 0.3 is 0 Å². The first-order valence-electron chi connectivity index (χ1n) is 11.0. The number of rotatable bonds is 5. The summed E-state index contributed by atoms with van der Waals surface area (Å²) in [7, 11) is 0. The highest BCUT2D eigenvalue weighted by Gasteiger charge is 2.24. The summed E-state index contributed by atoms with van der Waals surface area (Å²) in [5.41, 5.74) is 6.02. The zero-order valence-electron chi connectivity index (χ0n) is 18.0. The van der Waals surface area contributed by atoms with Crippen LogP contribution in [0.1, 0.15) is 11.3 Å². The van der Waals surface area contributed by atoms with Crippen molar-refractivity contribution >= 4 is 22.6 Å². The molecule has 0 radical (unpaired) electrons. The molecule has 3 aromatic carbocycles. The SMILES string of the molecule is O=C(Cn1cc(Cn2c(-c3ccccc3)nc3ccccc32)nn1)N1CCc2ccccc21. The summed E-state index contributed by atoms with van der Waals surface area (Å²) in [6, 6.07) is 26.3. The van der Waals surface area contributed by atoms with Crippen LogP contribution in [-0.4, -0.2) is 37.0 Å². The van der Waals surface area contributed by atoms with Crippen LogP contribution >= 0.6 is 0 Å². The smallest absolute Gasteiger partial charge is 0.248 e. The Kier molecular flexibility index (Phi) is 4.72. The average molecular weight is 435 g/mol. The molecule has 0 unspecified atom stereocenters. The fraction of sp³-hybridized carbons (Fsp3) is 0.154. The van der Waals surface area contributed by atoms with Crippen LogP contribution in [-0.2, 0) is 24.3 Å². The maximum Gasteiger partial charge on any atom is 0.248 e. The molecule has 7 nitrogen and oxygen atoms in total. The first-order chi connectivity index (χ1) is 16.3. The minimum atomic E-state index is 0.0226. The number of carbonyl (C=O) groups excluding carboxylic acids is 1. The molecule has 0 fully saturated rings. The molecule has 162 valence electrons. The number of anilines is 1. The van der Waals surface area contributed by atoms with E-state index in [1.165, 1.54) is 5.56 Å². The van der Waals surface area contributed by atoms with Gasteiger partial charge in [-0.2, -0.15) is 0 Å². The summed E-state index contributed by atoms with van der Waals surface area (Å²) in [6.07, 6.45) is 2.74. The average Bonchev–Trinajstić information content (AvgIpc) is 3.57. The molecule has 3 heterocycles. The van der Waals surface area contributed by atoms with E-state index in [9.17, 15) is 4.79 Å². The molecule has 33 heavy (non-hydrogen) atoms. The van der Waals surface area contributed by atoms with Crippen molar-refractivity contribution in [2.75, 3.05) is 11.4 Å². The van der Waals surface area contributed by atoms with Crippen molar-refractivity contribution in [2.24, 2.45) is 0 Å². The van der Waals surface area contributed by atoms with Crippen LogP contribution in [0.15, 0.2) is 85.1 Å². The third kappa shape index (κ3) is 3.57. The molecule has 1 aliphatic rings. The van der Waals surface area contributed by atoms with Crippen LogP contribution in [0.5, 0.6) is 0 Å². The number of hydrogen-bond donors (Lipinski definition) is 0. The van der Waals surface area contributed by atoms with Gasteiger partial charge in [-0.25, -0.2) is 9.67 Å². The van der Waals surface area contributed by atoms with Gasteiger partial charge in [0, 0.05) is 17.8 Å². The van der Waals surface area contributed by atoms with E-state index >= 15 is 0 Å². The summed E-state index contributed by atoms with van der Waals surface area (Å²) in [5.74, 6) is 0.908. The summed E-state index contributed by atoms with van der Waals surface area (Å²) in [4.78, 5) is 19.6. The van der Waals surface area contributed by atoms with Gasteiger partial charge in [-0.1, -0.05) is 65.9 Å². The lowest BCUT2D eigenvalue weighted by Gasteiger charge is -2.16. The van der Waals surface area contributed by atoms with Crippen molar-refractivity contribution in [2.45, 2.75) is 19.5 Å². The Bertz CT molecular complexity index is 1450. The van der Waals surface area contributed by atoms with Gasteiger partial charge in [0.15, 0.2) is 0 Å². The largest absolute Gasteiger partial charge is 0.318 e. The topological polar surface area (TPSA) is 68.8 Å². The zero-order valence-corrected chi connectivity index (χ0v) is 18.0. The second-order valence-corrected chi connectivity index (χ2v) is 8.21. The van der Waals surface area contributed by atoms with E-state index in [2.05, 4.69) is 39.1 Å². The molecule has 0 atom stereocenters. The maximum absolute atomic E-state index is 12.9. The Morgan fingerprint density at radius 2 is 1.70 bits per heavy atom. The van der Waals surface area contributed by atoms with Crippen molar-refractivity contribution in [3.63, 3.8) is 0 Å². The number of nitrogens with zero attached hydrogens (tertiary/aromatic N) is 6. The molecule has 0 bridgehead atoms. The molecule has 0 aliphatic carbocycles. The Morgan fingerprint density at radius 1 is 0.909 bits per heavy atom. The molecule has 7 heteroatoms. The van der Waals surface area contributed by atoms with Crippen LogP contribution < -0.4 is 4.90 Å². The molecule has 0 saturated heterocycles. The lowest BCUT2D eigenvalue weighted by Crippen LogP contribution is -2.32. The highest BCUT2D eigenvalue weighted by Crippen LogP contribution is 2.28. The third-order valence-electron chi connectivity index (χ3n) is 6.08. The fourth-order valence-corrected chi connectivity index (χ4v) is 4.51. The molecular formula is C26H22N6O. The Morgan fingerprint density at radius 3 is 2.61 bits per heavy atom. The second kappa shape index (κ2) is 8.02. The van der Waals surface area contributed by atoms with E-state index in [0.717, 1.165) is 40.2 Å². The quantitative estimate of drug-likeness (QED) is 0.420. The van der Waals surface area contributed by atoms with Crippen LogP contribution in [0.4, 0.5) is 5.69 Å². The van der Waals surface area contributed by atoms with E-state index in [-0.39, 0.29) is 12.5 Å². The van der Waals surface area contributed by atoms with Crippen molar-refractivity contribution in [1.82, 2.24) is 24.5 Å². The number of hydrogen-bond acceptors (Lipinski definition) is 4. The Labute approximate surface area is 190 Å². The molecule has 0 saturated carbocycles. The summed E-state index contributed by atoms with van der Waals surface area (Å²) >= 11 is 0. The minimum absolute atomic E-state index is 0.0226. The molecule has 0 N–H and O–H groups in total. The fourth-order valence-electron chi connectivity index (χ4n) is 4.51. The van der Waals surface area contributed by atoms with Gasteiger partial charge in [0.1, 0.15) is 18.1 Å². The predicted octanol–water partition coefficient (Wildman–Crippen LogP) is 3.93. The number of amides is 1. The molecular weight excluding hydrogens is 412 g/mol. The van der Waals surface area contributed by atoms with E-state index in [0.29, 0.717) is 13.1 Å². The van der Waals surface area contributed by atoms with Crippen molar-refractivity contribution in [3.05, 3.63) is 96.3 Å². The molecule has 6 rings (SSSR count). The zero-order chi connectivity index (χ0) is 22.2. The highest BCUT2D eigenvalue weighted by molar-refractivity contribution is 5.95. The van der Waals surface area contributed by atoms with Gasteiger partial charge in [-0.3, -0.25) is 4.79 Å². The van der Waals surface area contributed by atoms with E-state index in [1.54, 1.807) is 4.68 Å². The molecule has 5 aromatic rings. The number of benzene rings is 3. The Balaban J connectivity index is 1.26. The number of para-hydroxylation sites is 3. The van der Waals surface area contributed by atoms with E-state index in [4.69, 9.17) is 4.98 Å². The molecule has 2 aromatic heterocycles. The lowest BCUT2D eigenvalue weighted by molar-refractivity contribution is -0.119. The monoisotopic (exact) mass is 434 g/mol.